The average Bonchev–Trinajstić information content (AvgIpc) is 3.13. The number of nitrogens with one attached hydrogen (secondary N) is 2. The SMILES string of the molecule is COc1cc(OC)c2c(Oc3ccc(F)cc3)nc(Nc3cc(C)[nH]n3)cc2c1. The lowest BCUT2D eigenvalue weighted by molar-refractivity contribution is 0.396. The van der Waals surface area contributed by atoms with Gasteiger partial charge in [0.2, 0.25) is 5.88 Å². The summed E-state index contributed by atoms with van der Waals surface area (Å²) in [7, 11) is 3.15. The normalized spacial score (nSPS) is 10.8. The zero-order valence-corrected chi connectivity index (χ0v) is 16.1. The number of pyridine rings is 1. The number of benzene rings is 2. The fourth-order valence-corrected chi connectivity index (χ4v) is 2.94. The van der Waals surface area contributed by atoms with E-state index in [1.54, 1.807) is 20.3 Å². The zero-order chi connectivity index (χ0) is 20.4. The monoisotopic (exact) mass is 394 g/mol. The van der Waals surface area contributed by atoms with Gasteiger partial charge in [0.25, 0.3) is 0 Å². The first-order valence-corrected chi connectivity index (χ1v) is 8.85. The molecule has 148 valence electrons. The summed E-state index contributed by atoms with van der Waals surface area (Å²) >= 11 is 0. The van der Waals surface area contributed by atoms with Crippen molar-refractivity contribution in [3.8, 4) is 23.1 Å². The van der Waals surface area contributed by atoms with E-state index in [4.69, 9.17) is 14.2 Å². The Morgan fingerprint density at radius 3 is 2.38 bits per heavy atom. The molecule has 0 atom stereocenters. The van der Waals surface area contributed by atoms with Gasteiger partial charge in [0.15, 0.2) is 5.82 Å². The van der Waals surface area contributed by atoms with Crippen molar-refractivity contribution < 1.29 is 18.6 Å². The number of aromatic amines is 1. The van der Waals surface area contributed by atoms with Crippen molar-refractivity contribution in [1.82, 2.24) is 15.2 Å². The number of methoxy groups -OCH3 is 2. The molecule has 4 rings (SSSR count). The summed E-state index contributed by atoms with van der Waals surface area (Å²) < 4.78 is 30.2. The molecule has 2 aromatic heterocycles. The largest absolute Gasteiger partial charge is 0.497 e. The predicted octanol–water partition coefficient (Wildman–Crippen LogP) is 4.96. The van der Waals surface area contributed by atoms with E-state index in [-0.39, 0.29) is 5.82 Å². The highest BCUT2D eigenvalue weighted by molar-refractivity contribution is 5.96. The second-order valence-corrected chi connectivity index (χ2v) is 6.36. The lowest BCUT2D eigenvalue weighted by Gasteiger charge is -2.15. The molecule has 0 radical (unpaired) electrons. The van der Waals surface area contributed by atoms with Gasteiger partial charge in [0.05, 0.1) is 19.6 Å². The number of halogens is 1. The summed E-state index contributed by atoms with van der Waals surface area (Å²) in [6.45, 7) is 1.91. The number of H-pyrrole nitrogens is 1. The maximum atomic E-state index is 13.3. The minimum absolute atomic E-state index is 0.309. The molecule has 0 aliphatic carbocycles. The highest BCUT2D eigenvalue weighted by Gasteiger charge is 2.16. The van der Waals surface area contributed by atoms with Crippen molar-refractivity contribution in [3.63, 3.8) is 0 Å². The summed E-state index contributed by atoms with van der Waals surface area (Å²) in [6.07, 6.45) is 0. The van der Waals surface area contributed by atoms with Crippen molar-refractivity contribution >= 4 is 22.4 Å². The Morgan fingerprint density at radius 1 is 0.931 bits per heavy atom. The first kappa shape index (κ1) is 18.5. The number of ether oxygens (including phenoxy) is 3. The third-order valence-electron chi connectivity index (χ3n) is 4.28. The summed E-state index contributed by atoms with van der Waals surface area (Å²) in [5.41, 5.74) is 0.916. The van der Waals surface area contributed by atoms with Gasteiger partial charge in [-0.3, -0.25) is 5.10 Å². The van der Waals surface area contributed by atoms with Gasteiger partial charge >= 0.3 is 0 Å². The van der Waals surface area contributed by atoms with E-state index in [9.17, 15) is 4.39 Å². The Morgan fingerprint density at radius 2 is 1.72 bits per heavy atom. The number of hydrogen-bond acceptors (Lipinski definition) is 6. The molecule has 0 saturated heterocycles. The van der Waals surface area contributed by atoms with Crippen LogP contribution in [0.25, 0.3) is 10.8 Å². The van der Waals surface area contributed by atoms with Crippen LogP contribution in [-0.4, -0.2) is 29.4 Å². The van der Waals surface area contributed by atoms with Crippen LogP contribution in [0.3, 0.4) is 0 Å². The van der Waals surface area contributed by atoms with Gasteiger partial charge in [0, 0.05) is 17.8 Å². The van der Waals surface area contributed by atoms with Crippen LogP contribution in [0.4, 0.5) is 16.0 Å². The predicted molar refractivity (Wildman–Crippen MR) is 108 cm³/mol. The van der Waals surface area contributed by atoms with Gasteiger partial charge in [-0.15, -0.1) is 0 Å². The molecule has 0 fully saturated rings. The quantitative estimate of drug-likeness (QED) is 0.481. The smallest absolute Gasteiger partial charge is 0.232 e. The minimum atomic E-state index is -0.346. The van der Waals surface area contributed by atoms with E-state index < -0.39 is 0 Å². The van der Waals surface area contributed by atoms with E-state index in [0.717, 1.165) is 11.1 Å². The van der Waals surface area contributed by atoms with Crippen LogP contribution in [-0.2, 0) is 0 Å². The van der Waals surface area contributed by atoms with Crippen molar-refractivity contribution in [2.45, 2.75) is 6.92 Å². The van der Waals surface area contributed by atoms with Crippen LogP contribution in [0.5, 0.6) is 23.1 Å². The summed E-state index contributed by atoms with van der Waals surface area (Å²) in [5.74, 6) is 2.74. The lowest BCUT2D eigenvalue weighted by atomic mass is 10.1. The van der Waals surface area contributed by atoms with Crippen LogP contribution < -0.4 is 19.5 Å². The second kappa shape index (κ2) is 7.67. The van der Waals surface area contributed by atoms with E-state index in [1.807, 2.05) is 25.1 Å². The third-order valence-corrected chi connectivity index (χ3v) is 4.28. The Balaban J connectivity index is 1.85. The molecule has 0 spiro atoms. The highest BCUT2D eigenvalue weighted by Crippen LogP contribution is 2.39. The van der Waals surface area contributed by atoms with Gasteiger partial charge in [-0.25, -0.2) is 4.39 Å². The molecule has 29 heavy (non-hydrogen) atoms. The number of nitrogens with zero attached hydrogens (tertiary/aromatic N) is 2. The van der Waals surface area contributed by atoms with Gasteiger partial charge in [-0.05, 0) is 48.7 Å². The fourth-order valence-electron chi connectivity index (χ4n) is 2.94. The van der Waals surface area contributed by atoms with Gasteiger partial charge in [-0.1, -0.05) is 0 Å². The Bertz CT molecular complexity index is 1160. The molecule has 0 amide bonds. The Labute approximate surface area is 166 Å². The lowest BCUT2D eigenvalue weighted by Crippen LogP contribution is -1.99. The van der Waals surface area contributed by atoms with E-state index in [1.165, 1.54) is 24.3 Å². The van der Waals surface area contributed by atoms with Crippen molar-refractivity contribution in [1.29, 1.82) is 0 Å². The van der Waals surface area contributed by atoms with E-state index in [2.05, 4.69) is 20.5 Å². The van der Waals surface area contributed by atoms with Crippen LogP contribution in [0.1, 0.15) is 5.69 Å². The second-order valence-electron chi connectivity index (χ2n) is 6.36. The number of rotatable bonds is 6. The average molecular weight is 394 g/mol. The van der Waals surface area contributed by atoms with Crippen molar-refractivity contribution in [2.24, 2.45) is 0 Å². The van der Waals surface area contributed by atoms with Crippen LogP contribution in [0, 0.1) is 12.7 Å². The standard InChI is InChI=1S/C21H19FN4O3/c1-12-8-19(26-25-12)23-18-10-13-9-16(27-2)11-17(28-3)20(13)21(24-18)29-15-6-4-14(22)5-7-15/h4-11H,1-3H3,(H2,23,24,25,26). The first-order chi connectivity index (χ1) is 14.1. The zero-order valence-electron chi connectivity index (χ0n) is 16.1. The first-order valence-electron chi connectivity index (χ1n) is 8.85. The maximum absolute atomic E-state index is 13.3. The van der Waals surface area contributed by atoms with Gasteiger partial charge in [-0.2, -0.15) is 10.1 Å². The molecule has 7 nitrogen and oxygen atoms in total. The molecule has 8 heteroatoms. The summed E-state index contributed by atoms with van der Waals surface area (Å²) in [6, 6.07) is 13.1. The van der Waals surface area contributed by atoms with E-state index in [0.29, 0.717) is 40.2 Å². The third kappa shape index (κ3) is 3.91. The number of fused-ring (bicyclic) bond motifs is 1. The van der Waals surface area contributed by atoms with Crippen molar-refractivity contribution in [3.05, 3.63) is 60.0 Å². The van der Waals surface area contributed by atoms with Crippen LogP contribution in [0.15, 0.2) is 48.5 Å². The molecule has 4 aromatic rings. The Hall–Kier alpha value is -3.81. The molecule has 0 bridgehead atoms. The number of hydrogen-bond donors (Lipinski definition) is 2. The molecule has 2 N–H and O–H groups in total. The number of aromatic nitrogens is 3. The molecule has 2 aromatic carbocycles. The number of anilines is 2. The minimum Gasteiger partial charge on any atom is -0.497 e. The maximum Gasteiger partial charge on any atom is 0.232 e. The Kier molecular flexibility index (Phi) is 4.90. The molecule has 0 unspecified atom stereocenters. The topological polar surface area (TPSA) is 81.3 Å². The van der Waals surface area contributed by atoms with Gasteiger partial charge in [0.1, 0.15) is 28.9 Å². The molecule has 0 aliphatic rings. The summed E-state index contributed by atoms with van der Waals surface area (Å²) in [5, 5.41) is 11.7. The van der Waals surface area contributed by atoms with E-state index >= 15 is 0 Å². The molecule has 0 saturated carbocycles. The van der Waals surface area contributed by atoms with Crippen LogP contribution in [0.2, 0.25) is 0 Å². The fraction of sp³-hybridized carbons (Fsp3) is 0.143. The molecule has 0 aliphatic heterocycles. The molecular weight excluding hydrogens is 375 g/mol. The molecule has 2 heterocycles. The molecular formula is C21H19FN4O3. The summed E-state index contributed by atoms with van der Waals surface area (Å²) in [4.78, 5) is 4.59. The highest BCUT2D eigenvalue weighted by atomic mass is 19.1. The number of aryl methyl sites for hydroxylation is 1. The van der Waals surface area contributed by atoms with Gasteiger partial charge < -0.3 is 19.5 Å². The van der Waals surface area contributed by atoms with Crippen LogP contribution >= 0.6 is 0 Å². The van der Waals surface area contributed by atoms with Crippen molar-refractivity contribution in [2.75, 3.05) is 19.5 Å².